The number of pyridine rings is 1. The maximum absolute atomic E-state index is 5.81. The molecule has 1 aliphatic rings. The lowest BCUT2D eigenvalue weighted by atomic mass is 10.0. The Morgan fingerprint density at radius 3 is 2.81 bits per heavy atom. The second-order valence-corrected chi connectivity index (χ2v) is 6.60. The Balaban J connectivity index is 0.00000243. The molecule has 26 heavy (non-hydrogen) atoms. The highest BCUT2D eigenvalue weighted by Gasteiger charge is 2.29. The molecule has 140 valence electrons. The first-order chi connectivity index (χ1) is 12.2. The summed E-state index contributed by atoms with van der Waals surface area (Å²) in [4.78, 5) is 8.71. The van der Waals surface area contributed by atoms with Crippen LogP contribution in [0.15, 0.2) is 53.7 Å². The van der Waals surface area contributed by atoms with E-state index in [1.807, 2.05) is 24.4 Å². The van der Waals surface area contributed by atoms with Crippen LogP contribution in [0.25, 0.3) is 11.3 Å². The van der Waals surface area contributed by atoms with Gasteiger partial charge in [-0.1, -0.05) is 24.3 Å². The largest absolute Gasteiger partial charge is 0.373 e. The molecule has 3 rings (SSSR count). The molecule has 0 amide bonds. The zero-order valence-electron chi connectivity index (χ0n) is 15.4. The van der Waals surface area contributed by atoms with Gasteiger partial charge in [0.25, 0.3) is 0 Å². The number of rotatable bonds is 5. The average molecular weight is 466 g/mol. The molecule has 0 radical (unpaired) electrons. The molecule has 1 fully saturated rings. The van der Waals surface area contributed by atoms with Gasteiger partial charge in [0.15, 0.2) is 5.96 Å². The number of nitrogens with one attached hydrogen (secondary N) is 2. The van der Waals surface area contributed by atoms with E-state index in [2.05, 4.69) is 51.8 Å². The van der Waals surface area contributed by atoms with E-state index in [9.17, 15) is 0 Å². The first-order valence-corrected chi connectivity index (χ1v) is 8.77. The van der Waals surface area contributed by atoms with E-state index in [-0.39, 0.29) is 29.6 Å². The van der Waals surface area contributed by atoms with Gasteiger partial charge < -0.3 is 15.4 Å². The summed E-state index contributed by atoms with van der Waals surface area (Å²) in [5.74, 6) is 0.792. The molecule has 0 spiro atoms. The van der Waals surface area contributed by atoms with Crippen LogP contribution >= 0.6 is 24.0 Å². The van der Waals surface area contributed by atoms with Crippen LogP contribution in [0.4, 0.5) is 0 Å². The van der Waals surface area contributed by atoms with Crippen molar-refractivity contribution in [3.05, 3.63) is 54.2 Å². The van der Waals surface area contributed by atoms with Crippen LogP contribution in [0.2, 0.25) is 0 Å². The molecule has 1 unspecified atom stereocenters. The molecule has 1 aromatic heterocycles. The van der Waals surface area contributed by atoms with Crippen molar-refractivity contribution in [3.63, 3.8) is 0 Å². The maximum atomic E-state index is 5.81. The van der Waals surface area contributed by atoms with E-state index in [1.165, 1.54) is 5.56 Å². The molecule has 2 aromatic rings. The Morgan fingerprint density at radius 1 is 1.23 bits per heavy atom. The van der Waals surface area contributed by atoms with Crippen molar-refractivity contribution in [1.29, 1.82) is 0 Å². The van der Waals surface area contributed by atoms with Crippen molar-refractivity contribution in [3.8, 4) is 11.3 Å². The van der Waals surface area contributed by atoms with Crippen LogP contribution in [0.3, 0.4) is 0 Å². The second kappa shape index (κ2) is 9.87. The van der Waals surface area contributed by atoms with Gasteiger partial charge in [-0.05, 0) is 43.5 Å². The SMILES string of the molecule is CN=C(NCc1cccc(-c2ccccn2)c1)NCC1(C)CCCO1.I. The van der Waals surface area contributed by atoms with E-state index in [4.69, 9.17) is 4.74 Å². The third-order valence-electron chi connectivity index (χ3n) is 4.50. The number of aliphatic imine (C=N–C) groups is 1. The third-order valence-corrected chi connectivity index (χ3v) is 4.50. The fraction of sp³-hybridized carbons (Fsp3) is 0.400. The average Bonchev–Trinajstić information content (AvgIpc) is 3.10. The van der Waals surface area contributed by atoms with Crippen molar-refractivity contribution in [2.24, 2.45) is 4.99 Å². The quantitative estimate of drug-likeness (QED) is 0.402. The number of hydrogen-bond acceptors (Lipinski definition) is 3. The van der Waals surface area contributed by atoms with E-state index in [0.717, 1.165) is 43.2 Å². The van der Waals surface area contributed by atoms with Gasteiger partial charge in [0.05, 0.1) is 11.3 Å². The van der Waals surface area contributed by atoms with Crippen LogP contribution < -0.4 is 10.6 Å². The predicted octanol–water partition coefficient (Wildman–Crippen LogP) is 3.60. The Hall–Kier alpha value is -1.67. The first-order valence-electron chi connectivity index (χ1n) is 8.77. The van der Waals surface area contributed by atoms with E-state index >= 15 is 0 Å². The number of guanidine groups is 1. The maximum Gasteiger partial charge on any atom is 0.191 e. The summed E-state index contributed by atoms with van der Waals surface area (Å²) >= 11 is 0. The molecule has 2 heterocycles. The van der Waals surface area contributed by atoms with Crippen molar-refractivity contribution >= 4 is 29.9 Å². The summed E-state index contributed by atoms with van der Waals surface area (Å²) in [5, 5.41) is 6.74. The number of nitrogens with zero attached hydrogens (tertiary/aromatic N) is 2. The van der Waals surface area contributed by atoms with Crippen LogP contribution in [-0.2, 0) is 11.3 Å². The summed E-state index contributed by atoms with van der Waals surface area (Å²) in [7, 11) is 1.79. The molecular weight excluding hydrogens is 439 g/mol. The molecule has 1 aliphatic heterocycles. The van der Waals surface area contributed by atoms with Crippen LogP contribution in [0.5, 0.6) is 0 Å². The minimum absolute atomic E-state index is 0. The lowest BCUT2D eigenvalue weighted by molar-refractivity contribution is 0.0243. The van der Waals surface area contributed by atoms with Crippen molar-refractivity contribution < 1.29 is 4.74 Å². The molecule has 0 bridgehead atoms. The molecule has 0 aliphatic carbocycles. The summed E-state index contributed by atoms with van der Waals surface area (Å²) in [6.07, 6.45) is 4.03. The van der Waals surface area contributed by atoms with E-state index in [0.29, 0.717) is 6.54 Å². The van der Waals surface area contributed by atoms with Crippen molar-refractivity contribution in [2.75, 3.05) is 20.2 Å². The molecule has 1 atom stereocenters. The highest BCUT2D eigenvalue weighted by atomic mass is 127. The normalized spacial score (nSPS) is 19.7. The molecule has 5 nitrogen and oxygen atoms in total. The summed E-state index contributed by atoms with van der Waals surface area (Å²) in [5.41, 5.74) is 3.21. The lowest BCUT2D eigenvalue weighted by Crippen LogP contribution is -2.45. The molecular formula is C20H27IN4O. The number of benzene rings is 1. The van der Waals surface area contributed by atoms with Gasteiger partial charge in [0.2, 0.25) is 0 Å². The number of ether oxygens (including phenoxy) is 1. The van der Waals surface area contributed by atoms with Gasteiger partial charge in [-0.25, -0.2) is 0 Å². The highest BCUT2D eigenvalue weighted by molar-refractivity contribution is 14.0. The number of hydrogen-bond donors (Lipinski definition) is 2. The number of aromatic nitrogens is 1. The molecule has 6 heteroatoms. The zero-order valence-corrected chi connectivity index (χ0v) is 17.7. The minimum atomic E-state index is -0.0868. The molecule has 1 aromatic carbocycles. The van der Waals surface area contributed by atoms with Gasteiger partial charge >= 0.3 is 0 Å². The Bertz CT molecular complexity index is 715. The standard InChI is InChI=1S/C20H26N4O.HI/c1-20(10-6-12-25-20)15-24-19(21-2)23-14-16-7-5-8-17(13-16)18-9-3-4-11-22-18;/h3-5,7-9,11,13H,6,10,12,14-15H2,1-2H3,(H2,21,23,24);1H. The van der Waals surface area contributed by atoms with Crippen LogP contribution in [-0.4, -0.2) is 36.7 Å². The topological polar surface area (TPSA) is 58.5 Å². The van der Waals surface area contributed by atoms with Gasteiger partial charge in [-0.15, -0.1) is 24.0 Å². The Kier molecular flexibility index (Phi) is 7.84. The van der Waals surface area contributed by atoms with Crippen LogP contribution in [0.1, 0.15) is 25.3 Å². The molecule has 0 saturated carbocycles. The minimum Gasteiger partial charge on any atom is -0.373 e. The van der Waals surface area contributed by atoms with Gasteiger partial charge in [0, 0.05) is 38.5 Å². The van der Waals surface area contributed by atoms with E-state index in [1.54, 1.807) is 7.05 Å². The molecule has 1 saturated heterocycles. The predicted molar refractivity (Wildman–Crippen MR) is 117 cm³/mol. The zero-order chi connectivity index (χ0) is 17.5. The van der Waals surface area contributed by atoms with Gasteiger partial charge in [-0.3, -0.25) is 9.98 Å². The summed E-state index contributed by atoms with van der Waals surface area (Å²) in [6, 6.07) is 14.4. The monoisotopic (exact) mass is 466 g/mol. The highest BCUT2D eigenvalue weighted by Crippen LogP contribution is 2.23. The van der Waals surface area contributed by atoms with Gasteiger partial charge in [-0.2, -0.15) is 0 Å². The van der Waals surface area contributed by atoms with Crippen molar-refractivity contribution in [2.45, 2.75) is 31.9 Å². The number of halogens is 1. The Labute approximate surface area is 172 Å². The van der Waals surface area contributed by atoms with Gasteiger partial charge in [0.1, 0.15) is 0 Å². The fourth-order valence-corrected chi connectivity index (χ4v) is 3.03. The second-order valence-electron chi connectivity index (χ2n) is 6.60. The summed E-state index contributed by atoms with van der Waals surface area (Å²) < 4.78 is 5.81. The van der Waals surface area contributed by atoms with Crippen molar-refractivity contribution in [1.82, 2.24) is 15.6 Å². The lowest BCUT2D eigenvalue weighted by Gasteiger charge is -2.24. The third kappa shape index (κ3) is 5.67. The first kappa shape index (κ1) is 20.6. The fourth-order valence-electron chi connectivity index (χ4n) is 3.03. The summed E-state index contributed by atoms with van der Waals surface area (Å²) in [6.45, 7) is 4.47. The Morgan fingerprint density at radius 2 is 2.12 bits per heavy atom. The van der Waals surface area contributed by atoms with Crippen LogP contribution in [0, 0.1) is 0 Å². The smallest absolute Gasteiger partial charge is 0.191 e. The van der Waals surface area contributed by atoms with E-state index < -0.39 is 0 Å². The molecule has 2 N–H and O–H groups in total.